The first-order valence-corrected chi connectivity index (χ1v) is 16.3. The number of rotatable bonds is 9. The Bertz CT molecular complexity index is 1870. The second-order valence-corrected chi connectivity index (χ2v) is 13.3. The van der Waals surface area contributed by atoms with E-state index in [9.17, 15) is 13.6 Å². The molecule has 2 aliphatic heterocycles. The van der Waals surface area contributed by atoms with Gasteiger partial charge < -0.3 is 18.6 Å². The van der Waals surface area contributed by atoms with Gasteiger partial charge in [-0.25, -0.2) is 18.6 Å². The van der Waals surface area contributed by atoms with E-state index >= 15 is 0 Å². The van der Waals surface area contributed by atoms with Crippen molar-refractivity contribution < 1.29 is 22.5 Å². The van der Waals surface area contributed by atoms with Crippen molar-refractivity contribution in [3.05, 3.63) is 87.3 Å². The van der Waals surface area contributed by atoms with E-state index in [4.69, 9.17) is 25.7 Å². The van der Waals surface area contributed by atoms with Crippen molar-refractivity contribution in [1.82, 2.24) is 29.6 Å². The van der Waals surface area contributed by atoms with Crippen molar-refractivity contribution in [3.63, 3.8) is 0 Å². The van der Waals surface area contributed by atoms with E-state index in [2.05, 4.69) is 34.0 Å². The first-order chi connectivity index (χ1) is 21.4. The number of halogens is 3. The Hall–Kier alpha value is -4.11. The number of aromatic amines is 1. The molecule has 2 fully saturated rings. The van der Waals surface area contributed by atoms with Gasteiger partial charge >= 0.3 is 5.76 Å². The highest BCUT2D eigenvalue weighted by Gasteiger charge is 2.27. The second-order valence-electron chi connectivity index (χ2n) is 10.7. The summed E-state index contributed by atoms with van der Waals surface area (Å²) in [6.45, 7) is 4.31. The lowest BCUT2D eigenvalue weighted by atomic mass is 10.2. The van der Waals surface area contributed by atoms with E-state index in [1.165, 1.54) is 18.2 Å². The summed E-state index contributed by atoms with van der Waals surface area (Å²) in [5.41, 5.74) is 3.26. The minimum atomic E-state index is -0.936. The van der Waals surface area contributed by atoms with Crippen molar-refractivity contribution in [2.24, 2.45) is 0 Å². The fourth-order valence-corrected chi connectivity index (χ4v) is 6.95. The van der Waals surface area contributed by atoms with Gasteiger partial charge in [0.05, 0.1) is 23.8 Å². The highest BCUT2D eigenvalue weighted by Crippen LogP contribution is 2.28. The number of benzene rings is 2. The molecule has 5 aromatic rings. The average molecular weight is 639 g/mol. The highest BCUT2D eigenvalue weighted by atomic mass is 35.5. The number of H-pyrrole nitrogens is 1. The zero-order valence-electron chi connectivity index (χ0n) is 23.4. The van der Waals surface area contributed by atoms with Gasteiger partial charge in [0.1, 0.15) is 23.9 Å². The summed E-state index contributed by atoms with van der Waals surface area (Å²) >= 11 is 5.83. The Labute approximate surface area is 256 Å². The van der Waals surface area contributed by atoms with Gasteiger partial charge in [-0.1, -0.05) is 22.8 Å². The topological polar surface area (TPSA) is 115 Å². The molecule has 3 aromatic heterocycles. The van der Waals surface area contributed by atoms with E-state index in [0.717, 1.165) is 67.5 Å². The molecular formula is C29H27ClF2N7O4Si. The predicted octanol–water partition coefficient (Wildman–Crippen LogP) is 4.17. The van der Waals surface area contributed by atoms with Gasteiger partial charge in [0.2, 0.25) is 14.9 Å². The number of pyridine rings is 1. The average Bonchev–Trinajstić information content (AvgIpc) is 3.58. The number of anilines is 1. The molecule has 2 aliphatic rings. The minimum absolute atomic E-state index is 0.0666. The van der Waals surface area contributed by atoms with Gasteiger partial charge in [0.15, 0.2) is 11.6 Å². The standard InChI is InChI=1S/C29H27ClF2N7O4Si/c30-19-2-1-18(22(32)11-19)16-41-26-12-20(3-4-21(26)31)38-7-5-37(6-8-38)15-27-34-23-13-24(28-35-29(40)43-36-28)33-14-25(23)39(27)17-44-10-9-42-44/h1-4,11-14H,5-10,15-17H2,(H,35,36,40). The summed E-state index contributed by atoms with van der Waals surface area (Å²) < 4.78 is 47.0. The molecule has 0 saturated carbocycles. The van der Waals surface area contributed by atoms with Crippen LogP contribution in [0, 0.1) is 11.6 Å². The fraction of sp³-hybridized carbons (Fsp3) is 0.310. The Balaban J connectivity index is 1.04. The Morgan fingerprint density at radius 3 is 2.64 bits per heavy atom. The number of hydrogen-bond donors (Lipinski definition) is 1. The van der Waals surface area contributed by atoms with Crippen LogP contribution in [0.3, 0.4) is 0 Å². The summed E-state index contributed by atoms with van der Waals surface area (Å²) in [6, 6.07) is 12.0. The molecule has 44 heavy (non-hydrogen) atoms. The van der Waals surface area contributed by atoms with Crippen LogP contribution in [0.5, 0.6) is 5.75 Å². The SMILES string of the molecule is O=c1[nH]c(-c2cc3nc(CN4CCN(c5ccc(F)c(OCc6ccc(Cl)cc6F)c5)CC4)n(C[Si]4CCO4)c3cn2)no1. The first-order valence-electron chi connectivity index (χ1n) is 14.1. The number of piperazine rings is 1. The summed E-state index contributed by atoms with van der Waals surface area (Å²) in [5, 5.41) is 4.03. The third-order valence-electron chi connectivity index (χ3n) is 7.83. The number of ether oxygens (including phenoxy) is 1. The molecule has 11 nitrogen and oxygen atoms in total. The Morgan fingerprint density at radius 1 is 1.07 bits per heavy atom. The maximum absolute atomic E-state index is 14.6. The van der Waals surface area contributed by atoms with Crippen molar-refractivity contribution >= 4 is 37.4 Å². The lowest BCUT2D eigenvalue weighted by molar-refractivity contribution is 0.239. The van der Waals surface area contributed by atoms with Crippen molar-refractivity contribution in [2.75, 3.05) is 37.7 Å². The molecule has 1 N–H and O–H groups in total. The van der Waals surface area contributed by atoms with Gasteiger partial charge in [-0.05, 0) is 36.4 Å². The highest BCUT2D eigenvalue weighted by molar-refractivity contribution is 6.53. The molecule has 0 aliphatic carbocycles. The molecule has 0 bridgehead atoms. The number of hydrogen-bond acceptors (Lipinski definition) is 9. The molecular weight excluding hydrogens is 612 g/mol. The molecule has 5 heterocycles. The second kappa shape index (κ2) is 12.1. The normalized spacial score (nSPS) is 16.0. The van der Waals surface area contributed by atoms with Gasteiger partial charge in [-0.3, -0.25) is 19.4 Å². The van der Waals surface area contributed by atoms with Crippen LogP contribution in [0.4, 0.5) is 14.5 Å². The molecule has 0 unspecified atom stereocenters. The summed E-state index contributed by atoms with van der Waals surface area (Å²) in [6.07, 6.45) is 2.53. The van der Waals surface area contributed by atoms with Crippen LogP contribution in [0.2, 0.25) is 11.1 Å². The molecule has 7 rings (SSSR count). The van der Waals surface area contributed by atoms with Crippen molar-refractivity contribution in [2.45, 2.75) is 25.4 Å². The molecule has 0 atom stereocenters. The van der Waals surface area contributed by atoms with Crippen LogP contribution in [0.15, 0.2) is 58.0 Å². The number of fused-ring (bicyclic) bond motifs is 1. The summed E-state index contributed by atoms with van der Waals surface area (Å²) in [4.78, 5) is 27.9. The smallest absolute Gasteiger partial charge is 0.439 e. The van der Waals surface area contributed by atoms with E-state index in [-0.39, 0.29) is 23.2 Å². The number of nitrogens with zero attached hydrogens (tertiary/aromatic N) is 6. The predicted molar refractivity (Wildman–Crippen MR) is 160 cm³/mol. The van der Waals surface area contributed by atoms with Crippen molar-refractivity contribution in [1.29, 1.82) is 0 Å². The molecule has 2 saturated heterocycles. The molecule has 2 aromatic carbocycles. The lowest BCUT2D eigenvalue weighted by Crippen LogP contribution is -2.46. The fourth-order valence-electron chi connectivity index (χ4n) is 5.35. The van der Waals surface area contributed by atoms with E-state index in [0.29, 0.717) is 17.8 Å². The molecule has 0 amide bonds. The number of aromatic nitrogens is 5. The first kappa shape index (κ1) is 28.6. The lowest BCUT2D eigenvalue weighted by Gasteiger charge is -2.36. The zero-order chi connectivity index (χ0) is 30.2. The van der Waals surface area contributed by atoms with Crippen LogP contribution in [-0.2, 0) is 23.7 Å². The summed E-state index contributed by atoms with van der Waals surface area (Å²) in [5.74, 6) is -0.408. The van der Waals surface area contributed by atoms with Crippen LogP contribution in [-0.4, -0.2) is 71.4 Å². The number of nitrogens with one attached hydrogen (secondary N) is 1. The quantitative estimate of drug-likeness (QED) is 0.238. The third-order valence-corrected chi connectivity index (χ3v) is 10.1. The Kier molecular flexibility index (Phi) is 7.89. The minimum Gasteiger partial charge on any atom is -0.486 e. The van der Waals surface area contributed by atoms with Gasteiger partial charge in [0.25, 0.3) is 0 Å². The molecule has 227 valence electrons. The Morgan fingerprint density at radius 2 is 1.91 bits per heavy atom. The van der Waals surface area contributed by atoms with Crippen molar-refractivity contribution in [3.8, 4) is 17.3 Å². The van der Waals surface area contributed by atoms with E-state index in [1.807, 2.05) is 0 Å². The maximum Gasteiger partial charge on any atom is 0.439 e. The van der Waals surface area contributed by atoms with Gasteiger partial charge in [0, 0.05) is 61.3 Å². The van der Waals surface area contributed by atoms with Crippen LogP contribution in [0.1, 0.15) is 11.4 Å². The summed E-state index contributed by atoms with van der Waals surface area (Å²) in [7, 11) is -0.936. The van der Waals surface area contributed by atoms with Crippen LogP contribution < -0.4 is 15.4 Å². The molecule has 0 spiro atoms. The maximum atomic E-state index is 14.6. The zero-order valence-corrected chi connectivity index (χ0v) is 25.2. The van der Waals surface area contributed by atoms with Gasteiger partial charge in [-0.2, -0.15) is 0 Å². The largest absolute Gasteiger partial charge is 0.486 e. The monoisotopic (exact) mass is 638 g/mol. The van der Waals surface area contributed by atoms with Crippen LogP contribution in [0.25, 0.3) is 22.6 Å². The third kappa shape index (κ3) is 5.97. The van der Waals surface area contributed by atoms with E-state index < -0.39 is 26.4 Å². The van der Waals surface area contributed by atoms with Gasteiger partial charge in [-0.15, -0.1) is 0 Å². The molecule has 1 radical (unpaired) electrons. The number of imidazole rings is 1. The van der Waals surface area contributed by atoms with E-state index in [1.54, 1.807) is 30.5 Å². The van der Waals surface area contributed by atoms with Crippen LogP contribution >= 0.6 is 11.6 Å². The molecule has 15 heteroatoms.